The predicted molar refractivity (Wildman–Crippen MR) is 96.5 cm³/mol. The van der Waals surface area contributed by atoms with E-state index in [9.17, 15) is 4.79 Å². The smallest absolute Gasteiger partial charge is 0.317 e. The molecule has 1 heterocycles. The molecule has 0 saturated heterocycles. The van der Waals surface area contributed by atoms with Gasteiger partial charge in [0.1, 0.15) is 0 Å². The number of hydrogen-bond acceptors (Lipinski definition) is 3. The highest BCUT2D eigenvalue weighted by Gasteiger charge is 2.54. The summed E-state index contributed by atoms with van der Waals surface area (Å²) in [5.41, 5.74) is 2.90. The average molecular weight is 341 g/mol. The lowest BCUT2D eigenvalue weighted by molar-refractivity contribution is 0.205. The van der Waals surface area contributed by atoms with Crippen LogP contribution in [0, 0.1) is 5.92 Å². The van der Waals surface area contributed by atoms with Crippen LogP contribution < -0.4 is 5.32 Å². The molecule has 24 heavy (non-hydrogen) atoms. The van der Waals surface area contributed by atoms with E-state index in [1.165, 1.54) is 17.5 Å². The van der Waals surface area contributed by atoms with E-state index in [0.29, 0.717) is 24.4 Å². The van der Waals surface area contributed by atoms with Crippen molar-refractivity contribution < 1.29 is 4.79 Å². The summed E-state index contributed by atoms with van der Waals surface area (Å²) in [6, 6.07) is 9.02. The van der Waals surface area contributed by atoms with Crippen LogP contribution in [0.25, 0.3) is 0 Å². The Balaban J connectivity index is 1.36. The van der Waals surface area contributed by atoms with Crippen LogP contribution >= 0.6 is 11.3 Å². The number of hydrogen-bond donors (Lipinski definition) is 1. The summed E-state index contributed by atoms with van der Waals surface area (Å²) in [5, 5.41) is 6.33. The largest absolute Gasteiger partial charge is 0.334 e. The fourth-order valence-electron chi connectivity index (χ4n) is 4.07. The van der Waals surface area contributed by atoms with Gasteiger partial charge in [0.15, 0.2) is 0 Å². The predicted octanol–water partition coefficient (Wildman–Crippen LogP) is 3.62. The normalized spacial score (nSPS) is 25.3. The lowest BCUT2D eigenvalue weighted by Gasteiger charge is -2.21. The summed E-state index contributed by atoms with van der Waals surface area (Å²) in [7, 11) is 1.87. The summed E-state index contributed by atoms with van der Waals surface area (Å²) in [5.74, 6) is 1.40. The van der Waals surface area contributed by atoms with Gasteiger partial charge in [-0.15, -0.1) is 11.3 Å². The lowest BCUT2D eigenvalue weighted by atomic mass is 9.92. The number of aromatic nitrogens is 1. The van der Waals surface area contributed by atoms with Crippen LogP contribution in [0.2, 0.25) is 0 Å². The SMILES string of the molecule is C[C@H](CN(C)C(=O)N[C@@H]1[C@H]2CCc3ccccc3[C@@H]21)c1nccs1. The minimum Gasteiger partial charge on any atom is -0.334 e. The summed E-state index contributed by atoms with van der Waals surface area (Å²) in [6.45, 7) is 2.81. The number of thiazole rings is 1. The molecule has 0 radical (unpaired) electrons. The number of carbonyl (C=O) groups is 1. The van der Waals surface area contributed by atoms with Crippen molar-refractivity contribution in [1.29, 1.82) is 0 Å². The second kappa shape index (κ2) is 6.20. The molecule has 0 unspecified atom stereocenters. The van der Waals surface area contributed by atoms with Gasteiger partial charge in [-0.2, -0.15) is 0 Å². The molecule has 1 saturated carbocycles. The van der Waals surface area contributed by atoms with E-state index in [4.69, 9.17) is 0 Å². The first-order valence-electron chi connectivity index (χ1n) is 8.64. The van der Waals surface area contributed by atoms with Gasteiger partial charge in [-0.05, 0) is 29.9 Å². The van der Waals surface area contributed by atoms with Gasteiger partial charge in [0.25, 0.3) is 0 Å². The lowest BCUT2D eigenvalue weighted by Crippen LogP contribution is -2.40. The number of aryl methyl sites for hydroxylation is 1. The minimum atomic E-state index is 0.0373. The Morgan fingerprint density at radius 2 is 2.29 bits per heavy atom. The molecule has 126 valence electrons. The molecule has 1 N–H and O–H groups in total. The van der Waals surface area contributed by atoms with Crippen molar-refractivity contribution in [2.75, 3.05) is 13.6 Å². The second-order valence-electron chi connectivity index (χ2n) is 7.05. The van der Waals surface area contributed by atoms with Crippen LogP contribution in [-0.4, -0.2) is 35.5 Å². The molecule has 0 spiro atoms. The summed E-state index contributed by atoms with van der Waals surface area (Å²) in [4.78, 5) is 18.7. The average Bonchev–Trinajstić information content (AvgIpc) is 3.03. The molecule has 2 amide bonds. The highest BCUT2D eigenvalue weighted by atomic mass is 32.1. The van der Waals surface area contributed by atoms with Gasteiger partial charge in [0.2, 0.25) is 0 Å². The third-order valence-electron chi connectivity index (χ3n) is 5.39. The van der Waals surface area contributed by atoms with Crippen molar-refractivity contribution in [3.63, 3.8) is 0 Å². The molecule has 0 bridgehead atoms. The van der Waals surface area contributed by atoms with Crippen molar-refractivity contribution in [3.8, 4) is 0 Å². The number of urea groups is 1. The van der Waals surface area contributed by atoms with Crippen LogP contribution in [0.1, 0.15) is 41.3 Å². The molecule has 1 aromatic carbocycles. The van der Waals surface area contributed by atoms with Gasteiger partial charge in [0, 0.05) is 43.0 Å². The minimum absolute atomic E-state index is 0.0373. The van der Waals surface area contributed by atoms with Crippen LogP contribution in [0.3, 0.4) is 0 Å². The topological polar surface area (TPSA) is 45.2 Å². The summed E-state index contributed by atoms with van der Waals surface area (Å²) < 4.78 is 0. The van der Waals surface area contributed by atoms with Gasteiger partial charge in [-0.3, -0.25) is 0 Å². The quantitative estimate of drug-likeness (QED) is 0.923. The Kier molecular flexibility index (Phi) is 4.04. The number of fused-ring (bicyclic) bond motifs is 3. The van der Waals surface area contributed by atoms with Gasteiger partial charge in [-0.1, -0.05) is 31.2 Å². The monoisotopic (exact) mass is 341 g/mol. The first-order chi connectivity index (χ1) is 11.6. The van der Waals surface area contributed by atoms with E-state index in [1.54, 1.807) is 16.2 Å². The van der Waals surface area contributed by atoms with Gasteiger partial charge >= 0.3 is 6.03 Å². The highest BCUT2D eigenvalue weighted by Crippen LogP contribution is 2.54. The zero-order valence-corrected chi connectivity index (χ0v) is 14.9. The Labute approximate surface area is 146 Å². The van der Waals surface area contributed by atoms with Gasteiger partial charge in [0.05, 0.1) is 5.01 Å². The van der Waals surface area contributed by atoms with Crippen LogP contribution in [0.4, 0.5) is 4.79 Å². The molecule has 2 aliphatic rings. The third-order valence-corrected chi connectivity index (χ3v) is 6.39. The molecule has 5 heteroatoms. The maximum atomic E-state index is 12.6. The summed E-state index contributed by atoms with van der Waals surface area (Å²) >= 11 is 1.65. The fraction of sp³-hybridized carbons (Fsp3) is 0.474. The fourth-order valence-corrected chi connectivity index (χ4v) is 4.76. The molecule has 2 aliphatic carbocycles. The number of rotatable bonds is 4. The van der Waals surface area contributed by atoms with E-state index in [0.717, 1.165) is 11.4 Å². The van der Waals surface area contributed by atoms with Gasteiger partial charge in [-0.25, -0.2) is 9.78 Å². The number of carbonyl (C=O) groups excluding carboxylic acids is 1. The molecular formula is C19H23N3OS. The number of likely N-dealkylation sites (N-methyl/N-ethyl adjacent to an activating group) is 1. The molecule has 0 aliphatic heterocycles. The first kappa shape index (κ1) is 15.6. The third kappa shape index (κ3) is 2.81. The summed E-state index contributed by atoms with van der Waals surface area (Å²) in [6.07, 6.45) is 4.15. The van der Waals surface area contributed by atoms with E-state index < -0.39 is 0 Å². The zero-order chi connectivity index (χ0) is 16.7. The molecule has 1 fully saturated rings. The molecule has 2 aromatic rings. The number of amides is 2. The molecule has 4 nitrogen and oxygen atoms in total. The van der Waals surface area contributed by atoms with E-state index in [2.05, 4.69) is 41.5 Å². The standard InChI is InChI=1S/C19H23N3OS/c1-12(18-20-9-10-24-18)11-22(2)19(23)21-17-15-8-7-13-5-3-4-6-14(13)16(15)17/h3-6,9-10,12,15-17H,7-8,11H2,1-2H3,(H,21,23)/t12-,15+,16+,17-/m1/s1. The highest BCUT2D eigenvalue weighted by molar-refractivity contribution is 7.09. The Hall–Kier alpha value is -1.88. The first-order valence-corrected chi connectivity index (χ1v) is 9.52. The zero-order valence-electron chi connectivity index (χ0n) is 14.1. The van der Waals surface area contributed by atoms with Crippen LogP contribution in [-0.2, 0) is 6.42 Å². The second-order valence-corrected chi connectivity index (χ2v) is 7.98. The van der Waals surface area contributed by atoms with Crippen LogP contribution in [0.15, 0.2) is 35.8 Å². The van der Waals surface area contributed by atoms with E-state index >= 15 is 0 Å². The Bertz CT molecular complexity index is 730. The van der Waals surface area contributed by atoms with Crippen molar-refractivity contribution in [2.45, 2.75) is 37.6 Å². The maximum Gasteiger partial charge on any atom is 0.317 e. The molecule has 1 aromatic heterocycles. The van der Waals surface area contributed by atoms with E-state index in [1.807, 2.05) is 18.6 Å². The Morgan fingerprint density at radius 3 is 3.08 bits per heavy atom. The molecule has 4 rings (SSSR count). The molecular weight excluding hydrogens is 318 g/mol. The van der Waals surface area contributed by atoms with E-state index in [-0.39, 0.29) is 11.9 Å². The molecule has 4 atom stereocenters. The van der Waals surface area contributed by atoms with Crippen molar-refractivity contribution in [1.82, 2.24) is 15.2 Å². The van der Waals surface area contributed by atoms with Crippen molar-refractivity contribution in [2.24, 2.45) is 5.92 Å². The van der Waals surface area contributed by atoms with Crippen molar-refractivity contribution >= 4 is 17.4 Å². The number of nitrogens with zero attached hydrogens (tertiary/aromatic N) is 2. The maximum absolute atomic E-state index is 12.6. The number of benzene rings is 1. The van der Waals surface area contributed by atoms with Crippen LogP contribution in [0.5, 0.6) is 0 Å². The van der Waals surface area contributed by atoms with Gasteiger partial charge < -0.3 is 10.2 Å². The number of nitrogens with one attached hydrogen (secondary N) is 1. The Morgan fingerprint density at radius 1 is 1.46 bits per heavy atom. The van der Waals surface area contributed by atoms with Crippen molar-refractivity contribution in [3.05, 3.63) is 52.0 Å².